The largest absolute Gasteiger partial charge is 0.481 e. The number of carboxylic acids is 1. The van der Waals surface area contributed by atoms with E-state index in [1.54, 1.807) is 13.8 Å². The van der Waals surface area contributed by atoms with E-state index >= 15 is 0 Å². The summed E-state index contributed by atoms with van der Waals surface area (Å²) in [7, 11) is 0. The molecular weight excluding hydrogens is 476 g/mol. The molecule has 34 heavy (non-hydrogen) atoms. The van der Waals surface area contributed by atoms with Gasteiger partial charge in [0, 0.05) is 0 Å². The molecule has 0 bridgehead atoms. The Morgan fingerprint density at radius 1 is 1.18 bits per heavy atom. The first-order valence-electron chi connectivity index (χ1n) is 10.4. The van der Waals surface area contributed by atoms with Gasteiger partial charge in [0.1, 0.15) is 27.9 Å². The van der Waals surface area contributed by atoms with Gasteiger partial charge in [0.25, 0.3) is 0 Å². The molecule has 0 aliphatic heterocycles. The molecular formula is C23H18N4O5S2. The van der Waals surface area contributed by atoms with E-state index in [1.807, 2.05) is 30.3 Å². The number of aliphatic carboxylic acids is 1. The standard InChI is InChI=1S/C23H18N4O5S2/c1-12-17(25-22(30)31-13(2)14-6-4-3-5-7-14)15(32-27-12)8-9-16-24-18-19(33-16)26-20(34-18)23(10-11-23)21(28)29/h3-7,13H,10-11H2,1-2H3,(H,25,30)(H,28,29). The van der Waals surface area contributed by atoms with E-state index in [4.69, 9.17) is 9.26 Å². The number of carbonyl (C=O) groups excluding carboxylic acids is 1. The zero-order chi connectivity index (χ0) is 23.9. The van der Waals surface area contributed by atoms with Crippen LogP contribution < -0.4 is 5.32 Å². The number of amides is 1. The molecule has 1 unspecified atom stereocenters. The number of carboxylic acid groups (broad SMARTS) is 1. The minimum absolute atomic E-state index is 0.178. The molecule has 1 amide bonds. The minimum atomic E-state index is -0.846. The van der Waals surface area contributed by atoms with Crippen LogP contribution in [0.2, 0.25) is 0 Å². The lowest BCUT2D eigenvalue weighted by atomic mass is 10.1. The highest BCUT2D eigenvalue weighted by Gasteiger charge is 2.54. The van der Waals surface area contributed by atoms with Gasteiger partial charge in [0.15, 0.2) is 14.7 Å². The summed E-state index contributed by atoms with van der Waals surface area (Å²) in [4.78, 5) is 34.2. The second-order valence-electron chi connectivity index (χ2n) is 7.84. The summed E-state index contributed by atoms with van der Waals surface area (Å²) in [6, 6.07) is 9.40. The van der Waals surface area contributed by atoms with Gasteiger partial charge >= 0.3 is 12.1 Å². The third kappa shape index (κ3) is 4.13. The Kier molecular flexibility index (Phi) is 5.55. The number of benzene rings is 1. The van der Waals surface area contributed by atoms with Gasteiger partial charge in [-0.3, -0.25) is 10.1 Å². The Balaban J connectivity index is 1.30. The molecule has 11 heteroatoms. The van der Waals surface area contributed by atoms with E-state index < -0.39 is 23.6 Å². The second-order valence-corrected chi connectivity index (χ2v) is 9.80. The maximum absolute atomic E-state index is 12.4. The van der Waals surface area contributed by atoms with Gasteiger partial charge in [-0.05, 0) is 44.1 Å². The Morgan fingerprint density at radius 3 is 2.59 bits per heavy atom. The molecule has 2 N–H and O–H groups in total. The van der Waals surface area contributed by atoms with Crippen LogP contribution in [-0.4, -0.2) is 32.3 Å². The average molecular weight is 495 g/mol. The highest BCUT2D eigenvalue weighted by molar-refractivity contribution is 7.26. The number of ether oxygens (including phenoxy) is 1. The zero-order valence-electron chi connectivity index (χ0n) is 18.1. The quantitative estimate of drug-likeness (QED) is 0.376. The first kappa shape index (κ1) is 22.1. The van der Waals surface area contributed by atoms with E-state index in [0.29, 0.717) is 43.9 Å². The fraction of sp³-hybridized carbons (Fsp3) is 0.261. The molecule has 0 spiro atoms. The molecule has 1 aliphatic carbocycles. The summed E-state index contributed by atoms with van der Waals surface area (Å²) in [5.74, 6) is 5.09. The summed E-state index contributed by atoms with van der Waals surface area (Å²) in [6.07, 6.45) is 0.114. The molecule has 3 heterocycles. The first-order chi connectivity index (χ1) is 16.4. The molecule has 1 atom stereocenters. The number of carbonyl (C=O) groups is 2. The molecule has 5 rings (SSSR count). The monoisotopic (exact) mass is 494 g/mol. The minimum Gasteiger partial charge on any atom is -0.481 e. The number of rotatable bonds is 5. The van der Waals surface area contributed by atoms with Crippen molar-refractivity contribution in [2.75, 3.05) is 5.32 Å². The van der Waals surface area contributed by atoms with Crippen LogP contribution in [0.1, 0.15) is 52.9 Å². The van der Waals surface area contributed by atoms with Crippen LogP contribution in [-0.2, 0) is 14.9 Å². The van der Waals surface area contributed by atoms with Gasteiger partial charge in [-0.1, -0.05) is 58.2 Å². The van der Waals surface area contributed by atoms with E-state index in [1.165, 1.54) is 22.7 Å². The fourth-order valence-corrected chi connectivity index (χ4v) is 5.48. The Hall–Kier alpha value is -3.75. The van der Waals surface area contributed by atoms with Crippen LogP contribution >= 0.6 is 22.7 Å². The van der Waals surface area contributed by atoms with Gasteiger partial charge in [-0.2, -0.15) is 0 Å². The van der Waals surface area contributed by atoms with Crippen molar-refractivity contribution in [3.63, 3.8) is 0 Å². The number of nitrogens with one attached hydrogen (secondary N) is 1. The molecule has 1 saturated carbocycles. The van der Waals surface area contributed by atoms with E-state index in [2.05, 4.69) is 32.3 Å². The highest BCUT2D eigenvalue weighted by Crippen LogP contribution is 2.50. The number of fused-ring (bicyclic) bond motifs is 1. The zero-order valence-corrected chi connectivity index (χ0v) is 19.7. The SMILES string of the molecule is Cc1noc(C#Cc2nc3sc(C4(C(=O)O)CC4)nc3s2)c1NC(=O)OC(C)c1ccccc1. The van der Waals surface area contributed by atoms with Gasteiger partial charge in [-0.25, -0.2) is 14.8 Å². The van der Waals surface area contributed by atoms with Crippen molar-refractivity contribution in [3.05, 3.63) is 57.4 Å². The van der Waals surface area contributed by atoms with Crippen LogP contribution in [0.25, 0.3) is 9.66 Å². The second kappa shape index (κ2) is 8.55. The number of hydrogen-bond acceptors (Lipinski definition) is 9. The Bertz CT molecular complexity index is 1430. The lowest BCUT2D eigenvalue weighted by Crippen LogP contribution is -2.18. The molecule has 0 radical (unpaired) electrons. The van der Waals surface area contributed by atoms with Crippen molar-refractivity contribution >= 4 is 50.1 Å². The number of thiazole rings is 2. The summed E-state index contributed by atoms with van der Waals surface area (Å²) >= 11 is 2.56. The topological polar surface area (TPSA) is 127 Å². The molecule has 1 fully saturated rings. The van der Waals surface area contributed by atoms with Crippen LogP contribution in [0.4, 0.5) is 10.5 Å². The average Bonchev–Trinajstić information content (AvgIpc) is 3.26. The highest BCUT2D eigenvalue weighted by atomic mass is 32.1. The summed E-state index contributed by atoms with van der Waals surface area (Å²) in [6.45, 7) is 3.47. The number of aryl methyl sites for hydroxylation is 1. The van der Waals surface area contributed by atoms with Crippen molar-refractivity contribution in [2.45, 2.75) is 38.2 Å². The van der Waals surface area contributed by atoms with Crippen LogP contribution in [0.5, 0.6) is 0 Å². The van der Waals surface area contributed by atoms with E-state index in [-0.39, 0.29) is 5.76 Å². The fourth-order valence-electron chi connectivity index (χ4n) is 3.34. The van der Waals surface area contributed by atoms with Crippen LogP contribution in [0.3, 0.4) is 0 Å². The smallest absolute Gasteiger partial charge is 0.412 e. The van der Waals surface area contributed by atoms with Gasteiger partial charge in [0.05, 0.1) is 0 Å². The number of nitrogens with zero attached hydrogens (tertiary/aromatic N) is 3. The first-order valence-corrected chi connectivity index (χ1v) is 12.0. The van der Waals surface area contributed by atoms with Gasteiger partial charge in [-0.15, -0.1) is 0 Å². The molecule has 1 aromatic carbocycles. The molecule has 1 aliphatic rings. The third-order valence-corrected chi connectivity index (χ3v) is 7.62. The van der Waals surface area contributed by atoms with Crippen molar-refractivity contribution in [1.82, 2.24) is 15.1 Å². The molecule has 4 aromatic rings. The Morgan fingerprint density at radius 2 is 1.91 bits per heavy atom. The van der Waals surface area contributed by atoms with Crippen LogP contribution in [0.15, 0.2) is 34.9 Å². The van der Waals surface area contributed by atoms with Crippen molar-refractivity contribution in [1.29, 1.82) is 0 Å². The molecule has 0 saturated heterocycles. The predicted molar refractivity (Wildman–Crippen MR) is 126 cm³/mol. The third-order valence-electron chi connectivity index (χ3n) is 5.47. The lowest BCUT2D eigenvalue weighted by Gasteiger charge is -2.13. The number of anilines is 1. The van der Waals surface area contributed by atoms with Crippen molar-refractivity contribution in [3.8, 4) is 11.8 Å². The normalized spacial score (nSPS) is 14.8. The molecule has 172 valence electrons. The summed E-state index contributed by atoms with van der Waals surface area (Å²) < 4.78 is 10.7. The van der Waals surface area contributed by atoms with Gasteiger partial charge < -0.3 is 14.4 Å². The maximum Gasteiger partial charge on any atom is 0.412 e. The summed E-state index contributed by atoms with van der Waals surface area (Å²) in [5.41, 5.74) is 0.815. The Labute approximate surface area is 201 Å². The molecule has 3 aromatic heterocycles. The predicted octanol–water partition coefficient (Wildman–Crippen LogP) is 4.87. The van der Waals surface area contributed by atoms with Crippen LogP contribution in [0, 0.1) is 18.8 Å². The summed E-state index contributed by atoms with van der Waals surface area (Å²) in [5, 5.41) is 17.1. The van der Waals surface area contributed by atoms with E-state index in [9.17, 15) is 14.7 Å². The van der Waals surface area contributed by atoms with Crippen molar-refractivity contribution in [2.24, 2.45) is 0 Å². The number of hydrogen-bond donors (Lipinski definition) is 2. The number of aromatic nitrogens is 3. The van der Waals surface area contributed by atoms with Gasteiger partial charge in [0.2, 0.25) is 5.76 Å². The lowest BCUT2D eigenvalue weighted by molar-refractivity contribution is -0.140. The molecule has 9 nitrogen and oxygen atoms in total. The van der Waals surface area contributed by atoms with E-state index in [0.717, 1.165) is 5.56 Å². The maximum atomic E-state index is 12.4. The van der Waals surface area contributed by atoms with Crippen molar-refractivity contribution < 1.29 is 24.0 Å².